The first-order chi connectivity index (χ1) is 11.9. The van der Waals surface area contributed by atoms with Crippen molar-refractivity contribution in [3.05, 3.63) is 47.0 Å². The third-order valence-corrected chi connectivity index (χ3v) is 5.06. The van der Waals surface area contributed by atoms with Crippen LogP contribution in [-0.2, 0) is 20.1 Å². The molecule has 1 aromatic carbocycles. The first-order valence-electron chi connectivity index (χ1n) is 8.60. The van der Waals surface area contributed by atoms with Gasteiger partial charge in [0.25, 0.3) is 0 Å². The molecule has 1 fully saturated rings. The molecule has 1 aliphatic rings. The van der Waals surface area contributed by atoms with E-state index in [0.29, 0.717) is 11.6 Å². The van der Waals surface area contributed by atoms with Crippen molar-refractivity contribution in [2.45, 2.75) is 32.5 Å². The first kappa shape index (κ1) is 17.6. The van der Waals surface area contributed by atoms with Crippen molar-refractivity contribution in [1.82, 2.24) is 24.6 Å². The maximum absolute atomic E-state index is 11.3. The summed E-state index contributed by atoms with van der Waals surface area (Å²) in [5, 5.41) is 8.38. The predicted octanol–water partition coefficient (Wildman–Crippen LogP) is 0.929. The zero-order chi connectivity index (χ0) is 18.0. The molecule has 1 amide bonds. The van der Waals surface area contributed by atoms with Gasteiger partial charge in [0.2, 0.25) is 5.91 Å². The van der Waals surface area contributed by atoms with Crippen LogP contribution in [0.2, 0.25) is 0 Å². The number of carbonyl (C=O) groups excluding carboxylic acids is 1. The molecule has 0 aliphatic carbocycles. The number of primary amides is 1. The number of hydrogen-bond acceptors (Lipinski definition) is 5. The monoisotopic (exact) mass is 342 g/mol. The first-order valence-corrected chi connectivity index (χ1v) is 8.60. The number of likely N-dealkylation sites (tertiary alicyclic amines) is 1. The van der Waals surface area contributed by atoms with Gasteiger partial charge < -0.3 is 10.3 Å². The van der Waals surface area contributed by atoms with Crippen LogP contribution in [0, 0.1) is 6.92 Å². The SMILES string of the molecule is Cc1nnc(CN(C)[C@@H]2CCN(Cc3cccc(C(N)=O)c3)C2)n1C. The highest BCUT2D eigenvalue weighted by molar-refractivity contribution is 5.92. The van der Waals surface area contributed by atoms with E-state index in [1.165, 1.54) is 0 Å². The number of hydrogen-bond donors (Lipinski definition) is 1. The summed E-state index contributed by atoms with van der Waals surface area (Å²) in [4.78, 5) is 16.1. The molecule has 1 aromatic heterocycles. The number of aryl methyl sites for hydroxylation is 1. The maximum atomic E-state index is 11.3. The highest BCUT2D eigenvalue weighted by Crippen LogP contribution is 2.19. The molecule has 0 saturated carbocycles. The summed E-state index contributed by atoms with van der Waals surface area (Å²) in [7, 11) is 4.15. The Bertz CT molecular complexity index is 756. The van der Waals surface area contributed by atoms with Gasteiger partial charge in [-0.2, -0.15) is 0 Å². The van der Waals surface area contributed by atoms with Crippen LogP contribution >= 0.6 is 0 Å². The molecule has 0 radical (unpaired) electrons. The van der Waals surface area contributed by atoms with Crippen LogP contribution in [0.25, 0.3) is 0 Å². The molecule has 1 saturated heterocycles. The van der Waals surface area contributed by atoms with E-state index in [0.717, 1.165) is 49.8 Å². The summed E-state index contributed by atoms with van der Waals surface area (Å²) in [5.74, 6) is 1.55. The molecule has 134 valence electrons. The summed E-state index contributed by atoms with van der Waals surface area (Å²) in [6, 6.07) is 8.09. The molecule has 2 heterocycles. The number of nitrogens with two attached hydrogens (primary N) is 1. The van der Waals surface area contributed by atoms with Gasteiger partial charge in [-0.15, -0.1) is 10.2 Å². The van der Waals surface area contributed by atoms with E-state index in [1.54, 1.807) is 6.07 Å². The van der Waals surface area contributed by atoms with E-state index in [9.17, 15) is 4.79 Å². The number of aromatic nitrogens is 3. The third-order valence-electron chi connectivity index (χ3n) is 5.06. The highest BCUT2D eigenvalue weighted by atomic mass is 16.1. The van der Waals surface area contributed by atoms with Crippen molar-refractivity contribution in [3.63, 3.8) is 0 Å². The molecule has 7 nitrogen and oxygen atoms in total. The van der Waals surface area contributed by atoms with Gasteiger partial charge in [0.05, 0.1) is 6.54 Å². The largest absolute Gasteiger partial charge is 0.366 e. The average Bonchev–Trinajstić information content (AvgIpc) is 3.17. The summed E-state index contributed by atoms with van der Waals surface area (Å²) in [5.41, 5.74) is 7.07. The Morgan fingerprint density at radius 3 is 2.88 bits per heavy atom. The fourth-order valence-corrected chi connectivity index (χ4v) is 3.34. The summed E-state index contributed by atoms with van der Waals surface area (Å²) in [6.07, 6.45) is 1.13. The number of benzene rings is 1. The Balaban J connectivity index is 1.57. The van der Waals surface area contributed by atoms with Crippen molar-refractivity contribution in [1.29, 1.82) is 0 Å². The fourth-order valence-electron chi connectivity index (χ4n) is 3.34. The molecular weight excluding hydrogens is 316 g/mol. The Labute approximate surface area is 148 Å². The van der Waals surface area contributed by atoms with Crippen LogP contribution in [0.15, 0.2) is 24.3 Å². The molecule has 1 atom stereocenters. The predicted molar refractivity (Wildman–Crippen MR) is 95.8 cm³/mol. The van der Waals surface area contributed by atoms with Gasteiger partial charge in [0.1, 0.15) is 11.6 Å². The normalized spacial score (nSPS) is 18.2. The molecule has 3 rings (SSSR count). The topological polar surface area (TPSA) is 80.3 Å². The standard InChI is InChI=1S/C18H26N6O/c1-13-20-21-17(23(13)3)12-22(2)16-7-8-24(11-16)10-14-5-4-6-15(9-14)18(19)25/h4-6,9,16H,7-8,10-12H2,1-3H3,(H2,19,25)/t16-/m1/s1. The molecule has 25 heavy (non-hydrogen) atoms. The van der Waals surface area contributed by atoms with Gasteiger partial charge in [-0.1, -0.05) is 12.1 Å². The molecular formula is C18H26N6O. The Hall–Kier alpha value is -2.25. The summed E-state index contributed by atoms with van der Waals surface area (Å²) >= 11 is 0. The smallest absolute Gasteiger partial charge is 0.248 e. The molecule has 0 spiro atoms. The molecule has 7 heteroatoms. The fraction of sp³-hybridized carbons (Fsp3) is 0.500. The van der Waals surface area contributed by atoms with E-state index >= 15 is 0 Å². The number of rotatable bonds is 6. The molecule has 0 bridgehead atoms. The van der Waals surface area contributed by atoms with Crippen LogP contribution in [0.5, 0.6) is 0 Å². The minimum atomic E-state index is -0.375. The van der Waals surface area contributed by atoms with Crippen molar-refractivity contribution >= 4 is 5.91 Å². The van der Waals surface area contributed by atoms with E-state index in [2.05, 4.69) is 27.0 Å². The molecule has 2 aromatic rings. The van der Waals surface area contributed by atoms with Crippen molar-refractivity contribution in [2.24, 2.45) is 12.8 Å². The van der Waals surface area contributed by atoms with Gasteiger partial charge in [-0.3, -0.25) is 14.6 Å². The van der Waals surface area contributed by atoms with E-state index < -0.39 is 0 Å². The van der Waals surface area contributed by atoms with Crippen LogP contribution < -0.4 is 5.73 Å². The molecule has 2 N–H and O–H groups in total. The highest BCUT2D eigenvalue weighted by Gasteiger charge is 2.26. The average molecular weight is 342 g/mol. The quantitative estimate of drug-likeness (QED) is 0.845. The lowest BCUT2D eigenvalue weighted by molar-refractivity contribution is 0.1000. The molecule has 1 aliphatic heterocycles. The van der Waals surface area contributed by atoms with Crippen LogP contribution in [0.3, 0.4) is 0 Å². The summed E-state index contributed by atoms with van der Waals surface area (Å²) < 4.78 is 2.04. The van der Waals surface area contributed by atoms with Crippen LogP contribution in [0.4, 0.5) is 0 Å². The van der Waals surface area contributed by atoms with Crippen molar-refractivity contribution < 1.29 is 4.79 Å². The Morgan fingerprint density at radius 2 is 2.20 bits per heavy atom. The van der Waals surface area contributed by atoms with E-state index in [4.69, 9.17) is 5.73 Å². The minimum absolute atomic E-state index is 0.375. The van der Waals surface area contributed by atoms with Gasteiger partial charge in [-0.05, 0) is 38.1 Å². The van der Waals surface area contributed by atoms with Gasteiger partial charge in [0, 0.05) is 38.3 Å². The molecule has 0 unspecified atom stereocenters. The number of carbonyl (C=O) groups is 1. The number of nitrogens with zero attached hydrogens (tertiary/aromatic N) is 5. The van der Waals surface area contributed by atoms with Crippen molar-refractivity contribution in [3.8, 4) is 0 Å². The number of amides is 1. The second kappa shape index (κ2) is 7.33. The second-order valence-electron chi connectivity index (χ2n) is 6.88. The van der Waals surface area contributed by atoms with Crippen LogP contribution in [0.1, 0.15) is 34.0 Å². The zero-order valence-electron chi connectivity index (χ0n) is 15.1. The third kappa shape index (κ3) is 4.05. The maximum Gasteiger partial charge on any atom is 0.248 e. The Kier molecular flexibility index (Phi) is 5.15. The second-order valence-corrected chi connectivity index (χ2v) is 6.88. The van der Waals surface area contributed by atoms with E-state index in [1.807, 2.05) is 36.7 Å². The zero-order valence-corrected chi connectivity index (χ0v) is 15.1. The van der Waals surface area contributed by atoms with Crippen molar-refractivity contribution in [2.75, 3.05) is 20.1 Å². The summed E-state index contributed by atoms with van der Waals surface area (Å²) in [6.45, 7) is 5.66. The van der Waals surface area contributed by atoms with Gasteiger partial charge in [-0.25, -0.2) is 0 Å². The Morgan fingerprint density at radius 1 is 1.40 bits per heavy atom. The van der Waals surface area contributed by atoms with Gasteiger partial charge in [0.15, 0.2) is 0 Å². The minimum Gasteiger partial charge on any atom is -0.366 e. The van der Waals surface area contributed by atoms with E-state index in [-0.39, 0.29) is 5.91 Å². The van der Waals surface area contributed by atoms with Crippen LogP contribution in [-0.4, -0.2) is 56.7 Å². The lowest BCUT2D eigenvalue weighted by Crippen LogP contribution is -2.34. The number of likely N-dealkylation sites (N-methyl/N-ethyl adjacent to an activating group) is 1. The van der Waals surface area contributed by atoms with Gasteiger partial charge >= 0.3 is 0 Å². The lowest BCUT2D eigenvalue weighted by atomic mass is 10.1. The lowest BCUT2D eigenvalue weighted by Gasteiger charge is -2.24.